The number of aryl methyl sites for hydroxylation is 2. The minimum absolute atomic E-state index is 0.0687. The number of ether oxygens (including phenoxy) is 2. The minimum atomic E-state index is -1.50. The van der Waals surface area contributed by atoms with Gasteiger partial charge < -0.3 is 29.7 Å². The number of rotatable bonds is 6. The summed E-state index contributed by atoms with van der Waals surface area (Å²) in [4.78, 5) is 60.0. The van der Waals surface area contributed by atoms with Gasteiger partial charge in [-0.3, -0.25) is 19.2 Å². The Hall–Kier alpha value is -4.28. The van der Waals surface area contributed by atoms with E-state index in [1.165, 1.54) is 4.90 Å². The standard InChI is InChI=1S/C38H45N3O7/c1-23(2)19-27(22-42)41-34-36(45)40(28-20-24(3)15-16-25(28)4)18-10-17-38(34)33(35(41)44)32-29(48-38)13-8-9-14-31(43)39-21-30(47-37(32)46)26-11-6-5-7-12-26/h5-8,10-13,15-17,20,23,27,29-30,32-34,42H,9,14,18-19,21-22H2,1-4H3,(H,39,43)/b13-8-/t27-,29-,30+,32+,33+,34-,38+/m1/s1. The van der Waals surface area contributed by atoms with Crippen molar-refractivity contribution in [2.45, 2.75) is 76.9 Å². The van der Waals surface area contributed by atoms with Crippen LogP contribution in [-0.4, -0.2) is 77.2 Å². The number of likely N-dealkylation sites (tertiary alicyclic amines) is 1. The van der Waals surface area contributed by atoms with Crippen LogP contribution >= 0.6 is 0 Å². The predicted molar refractivity (Wildman–Crippen MR) is 180 cm³/mol. The highest BCUT2D eigenvalue weighted by Crippen LogP contribution is 2.54. The van der Waals surface area contributed by atoms with Crippen molar-refractivity contribution in [1.82, 2.24) is 10.2 Å². The van der Waals surface area contributed by atoms with Crippen molar-refractivity contribution >= 4 is 29.4 Å². The third kappa shape index (κ3) is 6.07. The molecule has 2 aromatic carbocycles. The van der Waals surface area contributed by atoms with Gasteiger partial charge in [-0.15, -0.1) is 0 Å². The molecule has 2 fully saturated rings. The first kappa shape index (κ1) is 33.6. The number of esters is 1. The molecule has 10 heteroatoms. The highest BCUT2D eigenvalue weighted by molar-refractivity contribution is 6.06. The number of nitrogens with zero attached hydrogens (tertiary/aromatic N) is 2. The fourth-order valence-corrected chi connectivity index (χ4v) is 7.79. The number of anilines is 1. The van der Waals surface area contributed by atoms with Crippen LogP contribution in [0.15, 0.2) is 72.8 Å². The molecule has 4 aliphatic heterocycles. The van der Waals surface area contributed by atoms with Crippen LogP contribution in [0.1, 0.15) is 55.9 Å². The molecule has 2 aromatic rings. The molecular formula is C38H45N3O7. The van der Waals surface area contributed by atoms with Gasteiger partial charge in [-0.25, -0.2) is 0 Å². The molecule has 0 unspecified atom stereocenters. The number of cyclic esters (lactones) is 1. The average molecular weight is 656 g/mol. The van der Waals surface area contributed by atoms with Crippen molar-refractivity contribution in [2.24, 2.45) is 17.8 Å². The number of hydrogen-bond acceptors (Lipinski definition) is 7. The molecule has 4 heterocycles. The molecule has 48 heavy (non-hydrogen) atoms. The van der Waals surface area contributed by atoms with Gasteiger partial charge in [-0.05, 0) is 55.4 Å². The molecular weight excluding hydrogens is 610 g/mol. The number of fused-ring (bicyclic) bond motifs is 2. The molecule has 254 valence electrons. The summed E-state index contributed by atoms with van der Waals surface area (Å²) in [5.41, 5.74) is 1.82. The Bertz CT molecular complexity index is 1620. The zero-order valence-electron chi connectivity index (χ0n) is 28.0. The molecule has 0 radical (unpaired) electrons. The van der Waals surface area contributed by atoms with Crippen LogP contribution in [0.3, 0.4) is 0 Å². The second-order valence-corrected chi connectivity index (χ2v) is 13.8. The van der Waals surface area contributed by atoms with E-state index in [2.05, 4.69) is 5.32 Å². The maximum Gasteiger partial charge on any atom is 0.313 e. The topological polar surface area (TPSA) is 125 Å². The Morgan fingerprint density at radius 1 is 1.02 bits per heavy atom. The van der Waals surface area contributed by atoms with E-state index in [1.54, 1.807) is 23.1 Å². The Kier molecular flexibility index (Phi) is 9.58. The lowest BCUT2D eigenvalue weighted by molar-refractivity contribution is -0.160. The third-order valence-corrected chi connectivity index (χ3v) is 9.99. The summed E-state index contributed by atoms with van der Waals surface area (Å²) in [6, 6.07) is 13.3. The maximum absolute atomic E-state index is 14.9. The molecule has 0 saturated carbocycles. The van der Waals surface area contributed by atoms with Gasteiger partial charge in [0, 0.05) is 18.7 Å². The molecule has 2 saturated heterocycles. The van der Waals surface area contributed by atoms with E-state index in [0.717, 1.165) is 16.8 Å². The molecule has 10 nitrogen and oxygen atoms in total. The molecule has 7 atom stereocenters. The largest absolute Gasteiger partial charge is 0.455 e. The maximum atomic E-state index is 14.9. The van der Waals surface area contributed by atoms with E-state index >= 15 is 0 Å². The van der Waals surface area contributed by atoms with Gasteiger partial charge >= 0.3 is 5.97 Å². The van der Waals surface area contributed by atoms with Crippen molar-refractivity contribution in [3.8, 4) is 0 Å². The van der Waals surface area contributed by atoms with Crippen molar-refractivity contribution in [1.29, 1.82) is 0 Å². The van der Waals surface area contributed by atoms with Gasteiger partial charge in [0.25, 0.3) is 5.91 Å². The van der Waals surface area contributed by atoms with Crippen LogP contribution in [0.2, 0.25) is 0 Å². The molecule has 0 bridgehead atoms. The van der Waals surface area contributed by atoms with E-state index in [9.17, 15) is 24.3 Å². The number of nitrogens with one attached hydrogen (secondary N) is 1. The number of aliphatic hydroxyl groups is 1. The number of carbonyl (C=O) groups is 4. The first-order chi connectivity index (χ1) is 23.1. The molecule has 0 aromatic heterocycles. The quantitative estimate of drug-likeness (QED) is 0.357. The molecule has 1 spiro atoms. The number of carbonyl (C=O) groups excluding carboxylic acids is 4. The van der Waals surface area contributed by atoms with Crippen molar-refractivity contribution in [3.63, 3.8) is 0 Å². The summed E-state index contributed by atoms with van der Waals surface area (Å²) < 4.78 is 13.0. The van der Waals surface area contributed by atoms with Crippen LogP contribution in [0.25, 0.3) is 0 Å². The predicted octanol–water partition coefficient (Wildman–Crippen LogP) is 3.94. The minimum Gasteiger partial charge on any atom is -0.455 e. The first-order valence-corrected chi connectivity index (χ1v) is 16.9. The Labute approximate surface area is 281 Å². The molecule has 0 aliphatic carbocycles. The Morgan fingerprint density at radius 3 is 2.52 bits per heavy atom. The number of amides is 3. The van der Waals surface area contributed by atoms with Crippen molar-refractivity contribution in [2.75, 3.05) is 24.6 Å². The second-order valence-electron chi connectivity index (χ2n) is 13.8. The smallest absolute Gasteiger partial charge is 0.313 e. The zero-order valence-corrected chi connectivity index (χ0v) is 28.0. The van der Waals surface area contributed by atoms with Crippen LogP contribution in [0.4, 0.5) is 5.69 Å². The third-order valence-electron chi connectivity index (χ3n) is 9.99. The van der Waals surface area contributed by atoms with Crippen LogP contribution in [-0.2, 0) is 28.7 Å². The van der Waals surface area contributed by atoms with Gasteiger partial charge in [-0.2, -0.15) is 0 Å². The average Bonchev–Trinajstić information content (AvgIpc) is 3.45. The fourth-order valence-electron chi connectivity index (χ4n) is 7.79. The summed E-state index contributed by atoms with van der Waals surface area (Å²) in [5.74, 6) is -3.63. The monoisotopic (exact) mass is 655 g/mol. The highest BCUT2D eigenvalue weighted by atomic mass is 16.6. The van der Waals surface area contributed by atoms with E-state index in [-0.39, 0.29) is 43.8 Å². The van der Waals surface area contributed by atoms with Crippen LogP contribution in [0, 0.1) is 31.6 Å². The van der Waals surface area contributed by atoms with Gasteiger partial charge in [-0.1, -0.05) is 80.6 Å². The van der Waals surface area contributed by atoms with E-state index < -0.39 is 53.6 Å². The van der Waals surface area contributed by atoms with Gasteiger partial charge in [0.1, 0.15) is 23.7 Å². The molecule has 3 amide bonds. The van der Waals surface area contributed by atoms with Gasteiger partial charge in [0.15, 0.2) is 0 Å². The summed E-state index contributed by atoms with van der Waals surface area (Å²) in [5, 5.41) is 13.6. The van der Waals surface area contributed by atoms with Gasteiger partial charge in [0.2, 0.25) is 11.8 Å². The summed E-state index contributed by atoms with van der Waals surface area (Å²) in [6.45, 7) is 7.87. The molecule has 4 aliphatic rings. The second kappa shape index (κ2) is 13.7. The van der Waals surface area contributed by atoms with Crippen molar-refractivity contribution < 1.29 is 33.8 Å². The lowest BCUT2D eigenvalue weighted by atomic mass is 9.77. The van der Waals surface area contributed by atoms with E-state index in [4.69, 9.17) is 9.47 Å². The van der Waals surface area contributed by atoms with E-state index in [0.29, 0.717) is 18.4 Å². The first-order valence-electron chi connectivity index (χ1n) is 16.9. The lowest BCUT2D eigenvalue weighted by Crippen LogP contribution is -2.58. The highest BCUT2D eigenvalue weighted by Gasteiger charge is 2.72. The summed E-state index contributed by atoms with van der Waals surface area (Å²) in [6.07, 6.45) is 6.54. The van der Waals surface area contributed by atoms with Crippen molar-refractivity contribution in [3.05, 3.63) is 89.5 Å². The van der Waals surface area contributed by atoms with Gasteiger partial charge in [0.05, 0.1) is 31.2 Å². The Morgan fingerprint density at radius 2 is 1.79 bits per heavy atom. The zero-order chi connectivity index (χ0) is 34.2. The molecule has 2 N–H and O–H groups in total. The Balaban J connectivity index is 1.47. The number of allylic oxidation sites excluding steroid dienone is 1. The van der Waals surface area contributed by atoms with E-state index in [1.807, 2.05) is 82.3 Å². The fraction of sp³-hybridized carbons (Fsp3) is 0.474. The number of hydrogen-bond donors (Lipinski definition) is 2. The SMILES string of the molecule is Cc1ccc(C)c(N2CC=C[C@]34O[C@@H]5/C=C\CCC(=O)NC[C@@H](c6ccccc6)OC(=O)[C@@H]5[C@H]3C(=O)N([C@@H](CO)CC(C)C)[C@@H]4C2=O)c1. The number of benzene rings is 2. The normalized spacial score (nSPS) is 30.4. The molecule has 6 rings (SSSR count). The van der Waals surface area contributed by atoms with Crippen LogP contribution in [0.5, 0.6) is 0 Å². The lowest BCUT2D eigenvalue weighted by Gasteiger charge is -2.39. The summed E-state index contributed by atoms with van der Waals surface area (Å²) >= 11 is 0. The summed E-state index contributed by atoms with van der Waals surface area (Å²) in [7, 11) is 0. The number of aliphatic hydroxyl groups excluding tert-OH is 1. The van der Waals surface area contributed by atoms with Crippen LogP contribution < -0.4 is 10.2 Å².